The van der Waals surface area contributed by atoms with Gasteiger partial charge in [-0.1, -0.05) is 6.42 Å². The third-order valence-corrected chi connectivity index (χ3v) is 3.39. The first-order valence-electron chi connectivity index (χ1n) is 6.51. The average molecular weight is 271 g/mol. The van der Waals surface area contributed by atoms with Crippen LogP contribution in [0.25, 0.3) is 0 Å². The van der Waals surface area contributed by atoms with Crippen LogP contribution in [0, 0.1) is 0 Å². The number of carbonyl (C=O) groups excluding carboxylic acids is 1. The zero-order chi connectivity index (χ0) is 13.0. The maximum Gasteiger partial charge on any atom is 0.237 e. The van der Waals surface area contributed by atoms with Gasteiger partial charge in [-0.3, -0.25) is 4.79 Å². The van der Waals surface area contributed by atoms with E-state index in [4.69, 9.17) is 11.6 Å². The second kappa shape index (κ2) is 6.18. The smallest absolute Gasteiger partial charge is 0.237 e. The van der Waals surface area contributed by atoms with Crippen molar-refractivity contribution in [1.29, 1.82) is 0 Å². The van der Waals surface area contributed by atoms with E-state index in [0.29, 0.717) is 13.0 Å². The van der Waals surface area contributed by atoms with Gasteiger partial charge >= 0.3 is 0 Å². The van der Waals surface area contributed by atoms with Crippen molar-refractivity contribution >= 4 is 17.5 Å². The van der Waals surface area contributed by atoms with Gasteiger partial charge in [0.25, 0.3) is 0 Å². The molecule has 1 atom stereocenters. The highest BCUT2D eigenvalue weighted by Crippen LogP contribution is 2.14. The molecule has 0 fully saturated rings. The van der Waals surface area contributed by atoms with Gasteiger partial charge in [0.15, 0.2) is 0 Å². The topological polar surface area (TPSA) is 59.8 Å². The van der Waals surface area contributed by atoms with E-state index in [-0.39, 0.29) is 5.91 Å². The number of fused-ring (bicyclic) bond motifs is 1. The Kier molecular flexibility index (Phi) is 4.58. The Morgan fingerprint density at radius 1 is 1.44 bits per heavy atom. The van der Waals surface area contributed by atoms with Crippen molar-refractivity contribution in [2.24, 2.45) is 0 Å². The van der Waals surface area contributed by atoms with Crippen molar-refractivity contribution in [3.8, 4) is 0 Å². The normalized spacial score (nSPS) is 16.8. The van der Waals surface area contributed by atoms with Gasteiger partial charge in [-0.25, -0.2) is 0 Å². The van der Waals surface area contributed by atoms with E-state index in [9.17, 15) is 4.79 Å². The van der Waals surface area contributed by atoms with Crippen molar-refractivity contribution < 1.29 is 4.79 Å². The van der Waals surface area contributed by atoms with E-state index in [0.717, 1.165) is 24.6 Å². The SMILES string of the molecule is CC(Cl)C(=O)NCCc1nnc2n1CCCCC2. The molecule has 2 rings (SSSR count). The van der Waals surface area contributed by atoms with Gasteiger partial charge in [0, 0.05) is 25.9 Å². The summed E-state index contributed by atoms with van der Waals surface area (Å²) in [4.78, 5) is 11.3. The van der Waals surface area contributed by atoms with Crippen LogP contribution in [0.15, 0.2) is 0 Å². The van der Waals surface area contributed by atoms with Gasteiger partial charge in [-0.2, -0.15) is 0 Å². The predicted octanol–water partition coefficient (Wildman–Crippen LogP) is 1.29. The Labute approximate surface area is 112 Å². The molecule has 2 heterocycles. The summed E-state index contributed by atoms with van der Waals surface area (Å²) >= 11 is 5.68. The zero-order valence-corrected chi connectivity index (χ0v) is 11.4. The highest BCUT2D eigenvalue weighted by molar-refractivity contribution is 6.30. The molecule has 0 spiro atoms. The lowest BCUT2D eigenvalue weighted by Crippen LogP contribution is -2.31. The molecule has 100 valence electrons. The molecule has 1 N–H and O–H groups in total. The number of hydrogen-bond donors (Lipinski definition) is 1. The van der Waals surface area contributed by atoms with Gasteiger partial charge in [0.2, 0.25) is 5.91 Å². The summed E-state index contributed by atoms with van der Waals surface area (Å²) in [5.41, 5.74) is 0. The molecule has 1 amide bonds. The minimum absolute atomic E-state index is 0.132. The fourth-order valence-corrected chi connectivity index (χ4v) is 2.25. The molecule has 0 bridgehead atoms. The molecule has 0 aliphatic carbocycles. The summed E-state index contributed by atoms with van der Waals surface area (Å²) in [6, 6.07) is 0. The number of hydrogen-bond acceptors (Lipinski definition) is 3. The number of aryl methyl sites for hydroxylation is 1. The third kappa shape index (κ3) is 3.22. The van der Waals surface area contributed by atoms with Crippen molar-refractivity contribution in [2.45, 2.75) is 50.9 Å². The molecule has 1 aromatic heterocycles. The molecule has 1 aromatic rings. The van der Waals surface area contributed by atoms with Crippen molar-refractivity contribution in [1.82, 2.24) is 20.1 Å². The van der Waals surface area contributed by atoms with Crippen molar-refractivity contribution in [3.05, 3.63) is 11.6 Å². The summed E-state index contributed by atoms with van der Waals surface area (Å²) in [5.74, 6) is 1.92. The van der Waals surface area contributed by atoms with Gasteiger partial charge in [0.1, 0.15) is 17.0 Å². The van der Waals surface area contributed by atoms with Crippen LogP contribution in [0.1, 0.15) is 37.8 Å². The van der Waals surface area contributed by atoms with E-state index >= 15 is 0 Å². The Morgan fingerprint density at radius 3 is 3.06 bits per heavy atom. The molecule has 1 aliphatic heterocycles. The van der Waals surface area contributed by atoms with Crippen LogP contribution in [0.5, 0.6) is 0 Å². The fourth-order valence-electron chi connectivity index (χ4n) is 2.17. The lowest BCUT2D eigenvalue weighted by Gasteiger charge is -2.08. The van der Waals surface area contributed by atoms with Gasteiger partial charge in [-0.05, 0) is 19.8 Å². The van der Waals surface area contributed by atoms with Crippen molar-refractivity contribution in [2.75, 3.05) is 6.54 Å². The van der Waals surface area contributed by atoms with Gasteiger partial charge < -0.3 is 9.88 Å². The van der Waals surface area contributed by atoms with Crippen LogP contribution in [0.4, 0.5) is 0 Å². The molecular formula is C12H19ClN4O. The molecule has 0 saturated heterocycles. The minimum atomic E-state index is -0.486. The Balaban J connectivity index is 1.90. The van der Waals surface area contributed by atoms with Crippen LogP contribution in [-0.4, -0.2) is 32.6 Å². The summed E-state index contributed by atoms with van der Waals surface area (Å²) < 4.78 is 2.20. The van der Waals surface area contributed by atoms with Crippen LogP contribution in [-0.2, 0) is 24.2 Å². The highest BCUT2D eigenvalue weighted by atomic mass is 35.5. The highest BCUT2D eigenvalue weighted by Gasteiger charge is 2.15. The summed E-state index contributed by atoms with van der Waals surface area (Å²) in [6.07, 6.45) is 5.35. The Morgan fingerprint density at radius 2 is 2.28 bits per heavy atom. The first kappa shape index (κ1) is 13.3. The van der Waals surface area contributed by atoms with E-state index in [1.807, 2.05) is 0 Å². The van der Waals surface area contributed by atoms with E-state index in [2.05, 4.69) is 20.1 Å². The second-order valence-corrected chi connectivity index (χ2v) is 5.31. The molecule has 1 unspecified atom stereocenters. The largest absolute Gasteiger partial charge is 0.354 e. The molecular weight excluding hydrogens is 252 g/mol. The monoisotopic (exact) mass is 270 g/mol. The zero-order valence-electron chi connectivity index (χ0n) is 10.7. The number of halogens is 1. The molecule has 5 nitrogen and oxygen atoms in total. The summed E-state index contributed by atoms with van der Waals surface area (Å²) in [5, 5.41) is 10.7. The molecule has 0 radical (unpaired) electrons. The van der Waals surface area contributed by atoms with Crippen LogP contribution >= 0.6 is 11.6 Å². The number of nitrogens with zero attached hydrogens (tertiary/aromatic N) is 3. The Bertz CT molecular complexity index is 416. The molecule has 1 aliphatic rings. The van der Waals surface area contributed by atoms with E-state index in [1.165, 1.54) is 19.3 Å². The quantitative estimate of drug-likeness (QED) is 0.839. The maximum absolute atomic E-state index is 11.3. The van der Waals surface area contributed by atoms with Gasteiger partial charge in [-0.15, -0.1) is 21.8 Å². The van der Waals surface area contributed by atoms with Crippen LogP contribution in [0.2, 0.25) is 0 Å². The van der Waals surface area contributed by atoms with Crippen LogP contribution < -0.4 is 5.32 Å². The lowest BCUT2D eigenvalue weighted by atomic mass is 10.2. The molecule has 0 saturated carbocycles. The maximum atomic E-state index is 11.3. The predicted molar refractivity (Wildman–Crippen MR) is 69.6 cm³/mol. The molecule has 18 heavy (non-hydrogen) atoms. The number of rotatable bonds is 4. The first-order chi connectivity index (χ1) is 8.68. The number of nitrogens with one attached hydrogen (secondary N) is 1. The average Bonchev–Trinajstić information content (AvgIpc) is 2.59. The summed E-state index contributed by atoms with van der Waals surface area (Å²) in [7, 11) is 0. The number of aromatic nitrogens is 3. The molecule has 6 heteroatoms. The Hall–Kier alpha value is -1.10. The molecule has 0 aromatic carbocycles. The van der Waals surface area contributed by atoms with E-state index in [1.54, 1.807) is 6.92 Å². The third-order valence-electron chi connectivity index (χ3n) is 3.20. The van der Waals surface area contributed by atoms with Crippen molar-refractivity contribution in [3.63, 3.8) is 0 Å². The van der Waals surface area contributed by atoms with E-state index < -0.39 is 5.38 Å². The number of amides is 1. The van der Waals surface area contributed by atoms with Crippen LogP contribution in [0.3, 0.4) is 0 Å². The lowest BCUT2D eigenvalue weighted by molar-refractivity contribution is -0.120. The van der Waals surface area contributed by atoms with Gasteiger partial charge in [0.05, 0.1) is 0 Å². The fraction of sp³-hybridized carbons (Fsp3) is 0.750. The first-order valence-corrected chi connectivity index (χ1v) is 6.95. The minimum Gasteiger partial charge on any atom is -0.354 e. The standard InChI is InChI=1S/C12H19ClN4O/c1-9(13)12(18)14-7-6-11-16-15-10-5-3-2-4-8-17(10)11/h9H,2-8H2,1H3,(H,14,18). The number of alkyl halides is 1. The number of carbonyl (C=O) groups is 1. The second-order valence-electron chi connectivity index (χ2n) is 4.65. The summed E-state index contributed by atoms with van der Waals surface area (Å²) in [6.45, 7) is 3.23.